The molecule has 4 nitrogen and oxygen atoms in total. The van der Waals surface area contributed by atoms with E-state index in [4.69, 9.17) is 17.3 Å². The highest BCUT2D eigenvalue weighted by Crippen LogP contribution is 2.23. The second-order valence-electron chi connectivity index (χ2n) is 3.62. The van der Waals surface area contributed by atoms with Crippen molar-refractivity contribution in [1.29, 1.82) is 0 Å². The van der Waals surface area contributed by atoms with E-state index in [9.17, 15) is 0 Å². The molecule has 1 unspecified atom stereocenters. The predicted molar refractivity (Wildman–Crippen MR) is 66.5 cm³/mol. The first-order chi connectivity index (χ1) is 7.66. The summed E-state index contributed by atoms with van der Waals surface area (Å²) in [4.78, 5) is 0. The Morgan fingerprint density at radius 1 is 1.50 bits per heavy atom. The monoisotopic (exact) mass is 236 g/mol. The number of hydrogen-bond acceptors (Lipinski definition) is 3. The Kier molecular flexibility index (Phi) is 3.01. The summed E-state index contributed by atoms with van der Waals surface area (Å²) >= 11 is 5.93. The SMILES string of the molecule is CC(Nc1cn[nH]c1N)c1cccc(Cl)c1. The number of anilines is 2. The standard InChI is InChI=1S/C11H13ClN4/c1-7(8-3-2-4-9(12)5-8)15-10-6-14-16-11(10)13/h2-7,15H,1H3,(H3,13,14,16). The summed E-state index contributed by atoms with van der Waals surface area (Å²) < 4.78 is 0. The van der Waals surface area contributed by atoms with Crippen LogP contribution < -0.4 is 11.1 Å². The van der Waals surface area contributed by atoms with Crippen molar-refractivity contribution in [2.75, 3.05) is 11.1 Å². The van der Waals surface area contributed by atoms with Gasteiger partial charge in [-0.1, -0.05) is 23.7 Å². The molecule has 0 fully saturated rings. The van der Waals surface area contributed by atoms with E-state index in [2.05, 4.69) is 15.5 Å². The molecule has 0 spiro atoms. The maximum atomic E-state index is 5.93. The third kappa shape index (κ3) is 2.28. The Morgan fingerprint density at radius 2 is 2.31 bits per heavy atom. The van der Waals surface area contributed by atoms with Crippen molar-refractivity contribution in [3.05, 3.63) is 41.0 Å². The third-order valence-corrected chi connectivity index (χ3v) is 2.62. The Hall–Kier alpha value is -1.68. The largest absolute Gasteiger partial charge is 0.382 e. The summed E-state index contributed by atoms with van der Waals surface area (Å²) in [5, 5.41) is 10.5. The minimum absolute atomic E-state index is 0.124. The number of rotatable bonds is 3. The van der Waals surface area contributed by atoms with Gasteiger partial charge in [-0.2, -0.15) is 5.10 Å². The van der Waals surface area contributed by atoms with Crippen molar-refractivity contribution in [3.8, 4) is 0 Å². The van der Waals surface area contributed by atoms with Crippen LogP contribution in [0.15, 0.2) is 30.5 Å². The van der Waals surface area contributed by atoms with E-state index in [1.54, 1.807) is 6.20 Å². The van der Waals surface area contributed by atoms with Crippen LogP contribution in [0, 0.1) is 0 Å². The summed E-state index contributed by atoms with van der Waals surface area (Å²) in [5.74, 6) is 0.536. The quantitative estimate of drug-likeness (QED) is 0.768. The lowest BCUT2D eigenvalue weighted by Crippen LogP contribution is -2.07. The average molecular weight is 237 g/mol. The lowest BCUT2D eigenvalue weighted by atomic mass is 10.1. The van der Waals surface area contributed by atoms with E-state index >= 15 is 0 Å². The van der Waals surface area contributed by atoms with Gasteiger partial charge in [0.1, 0.15) is 5.82 Å². The lowest BCUT2D eigenvalue weighted by molar-refractivity contribution is 0.886. The summed E-state index contributed by atoms with van der Waals surface area (Å²) in [5.41, 5.74) is 7.59. The molecule has 1 aromatic carbocycles. The van der Waals surface area contributed by atoms with Gasteiger partial charge < -0.3 is 11.1 Å². The summed E-state index contributed by atoms with van der Waals surface area (Å²) in [7, 11) is 0. The average Bonchev–Trinajstić information content (AvgIpc) is 2.64. The van der Waals surface area contributed by atoms with Crippen molar-refractivity contribution < 1.29 is 0 Å². The second-order valence-corrected chi connectivity index (χ2v) is 4.05. The van der Waals surface area contributed by atoms with Gasteiger partial charge in [-0.3, -0.25) is 5.10 Å². The van der Waals surface area contributed by atoms with Crippen molar-refractivity contribution in [3.63, 3.8) is 0 Å². The van der Waals surface area contributed by atoms with Gasteiger partial charge in [0.2, 0.25) is 0 Å². The van der Waals surface area contributed by atoms with Crippen LogP contribution in [0.1, 0.15) is 18.5 Å². The normalized spacial score (nSPS) is 12.4. The van der Waals surface area contributed by atoms with Crippen molar-refractivity contribution in [2.24, 2.45) is 0 Å². The molecule has 1 aromatic heterocycles. The molecule has 0 saturated heterocycles. The van der Waals surface area contributed by atoms with E-state index in [1.165, 1.54) is 0 Å². The van der Waals surface area contributed by atoms with Crippen LogP contribution in [0.2, 0.25) is 5.02 Å². The van der Waals surface area contributed by atoms with Gasteiger partial charge in [-0.15, -0.1) is 0 Å². The molecule has 0 aliphatic heterocycles. The number of benzene rings is 1. The van der Waals surface area contributed by atoms with Gasteiger partial charge in [0, 0.05) is 11.1 Å². The van der Waals surface area contributed by atoms with Gasteiger partial charge >= 0.3 is 0 Å². The number of hydrogen-bond donors (Lipinski definition) is 3. The number of nitrogen functional groups attached to an aromatic ring is 1. The van der Waals surface area contributed by atoms with Crippen molar-refractivity contribution in [2.45, 2.75) is 13.0 Å². The fraction of sp³-hybridized carbons (Fsp3) is 0.182. The molecule has 0 radical (unpaired) electrons. The molecule has 0 saturated carbocycles. The first-order valence-electron chi connectivity index (χ1n) is 4.97. The van der Waals surface area contributed by atoms with Crippen LogP contribution in [0.4, 0.5) is 11.5 Å². The van der Waals surface area contributed by atoms with Crippen LogP contribution >= 0.6 is 11.6 Å². The second kappa shape index (κ2) is 4.45. The molecule has 0 aliphatic carbocycles. The maximum Gasteiger partial charge on any atom is 0.142 e. The van der Waals surface area contributed by atoms with Crippen LogP contribution in [0.25, 0.3) is 0 Å². The summed E-state index contributed by atoms with van der Waals surface area (Å²) in [6.45, 7) is 2.04. The zero-order valence-electron chi connectivity index (χ0n) is 8.87. The van der Waals surface area contributed by atoms with Crippen LogP contribution in [0.5, 0.6) is 0 Å². The molecule has 4 N–H and O–H groups in total. The topological polar surface area (TPSA) is 66.7 Å². The zero-order valence-corrected chi connectivity index (χ0v) is 9.62. The van der Waals surface area contributed by atoms with E-state index in [1.807, 2.05) is 31.2 Å². The molecule has 0 bridgehead atoms. The van der Waals surface area contributed by atoms with Crippen molar-refractivity contribution in [1.82, 2.24) is 10.2 Å². The number of halogens is 1. The van der Waals surface area contributed by atoms with Crippen molar-refractivity contribution >= 4 is 23.1 Å². The highest BCUT2D eigenvalue weighted by molar-refractivity contribution is 6.30. The molecule has 1 atom stereocenters. The van der Waals surface area contributed by atoms with E-state index in [0.717, 1.165) is 16.3 Å². The summed E-state index contributed by atoms with van der Waals surface area (Å²) in [6.07, 6.45) is 1.66. The number of nitrogens with one attached hydrogen (secondary N) is 2. The fourth-order valence-electron chi connectivity index (χ4n) is 1.50. The van der Waals surface area contributed by atoms with Crippen LogP contribution in [0.3, 0.4) is 0 Å². The molecule has 0 aliphatic rings. The third-order valence-electron chi connectivity index (χ3n) is 2.39. The molecule has 0 amide bonds. The van der Waals surface area contributed by atoms with Gasteiger partial charge in [-0.25, -0.2) is 0 Å². The molecule has 5 heteroatoms. The molecular formula is C11H13ClN4. The van der Waals surface area contributed by atoms with Gasteiger partial charge in [0.15, 0.2) is 0 Å². The molecule has 2 aromatic rings. The fourth-order valence-corrected chi connectivity index (χ4v) is 1.70. The first-order valence-corrected chi connectivity index (χ1v) is 5.35. The predicted octanol–water partition coefficient (Wildman–Crippen LogP) is 2.82. The number of H-pyrrole nitrogens is 1. The highest BCUT2D eigenvalue weighted by Gasteiger charge is 2.08. The van der Waals surface area contributed by atoms with E-state index in [0.29, 0.717) is 5.82 Å². The highest BCUT2D eigenvalue weighted by atomic mass is 35.5. The molecule has 84 valence electrons. The summed E-state index contributed by atoms with van der Waals surface area (Å²) in [6, 6.07) is 7.84. The number of nitrogens with two attached hydrogens (primary N) is 1. The Labute approximate surface area is 98.8 Å². The minimum atomic E-state index is 0.124. The molecular weight excluding hydrogens is 224 g/mol. The van der Waals surface area contributed by atoms with Crippen LogP contribution in [-0.4, -0.2) is 10.2 Å². The minimum Gasteiger partial charge on any atom is -0.382 e. The van der Waals surface area contributed by atoms with Crippen LogP contribution in [-0.2, 0) is 0 Å². The Balaban J connectivity index is 2.14. The zero-order chi connectivity index (χ0) is 11.5. The first kappa shape index (κ1) is 10.8. The lowest BCUT2D eigenvalue weighted by Gasteiger charge is -2.14. The van der Waals surface area contributed by atoms with Gasteiger partial charge in [-0.05, 0) is 24.6 Å². The smallest absolute Gasteiger partial charge is 0.142 e. The Morgan fingerprint density at radius 3 is 2.94 bits per heavy atom. The number of aromatic amines is 1. The van der Waals surface area contributed by atoms with E-state index < -0.39 is 0 Å². The van der Waals surface area contributed by atoms with E-state index in [-0.39, 0.29) is 6.04 Å². The maximum absolute atomic E-state index is 5.93. The van der Waals surface area contributed by atoms with Gasteiger partial charge in [0.05, 0.1) is 11.9 Å². The number of nitrogens with zero attached hydrogens (tertiary/aromatic N) is 1. The molecule has 1 heterocycles. The molecule has 16 heavy (non-hydrogen) atoms. The number of aromatic nitrogens is 2. The van der Waals surface area contributed by atoms with Gasteiger partial charge in [0.25, 0.3) is 0 Å². The Bertz CT molecular complexity index is 480. The molecule has 2 rings (SSSR count).